The Balaban J connectivity index is 1.40. The molecule has 0 aromatic heterocycles. The maximum absolute atomic E-state index is 13.1. The SMILES string of the molecule is CC(C(=O)N1CCc2ccccc21)N1CCN(S(=O)(=O)c2ccc(F)cc2)CC1. The first-order chi connectivity index (χ1) is 13.9. The zero-order valence-corrected chi connectivity index (χ0v) is 17.1. The van der Waals surface area contributed by atoms with E-state index in [1.807, 2.05) is 41.0 Å². The summed E-state index contributed by atoms with van der Waals surface area (Å²) in [6.45, 7) is 4.11. The molecule has 2 aromatic carbocycles. The molecular formula is C21H24FN3O3S. The molecule has 0 bridgehead atoms. The molecule has 2 aliphatic heterocycles. The van der Waals surface area contributed by atoms with Gasteiger partial charge in [-0.2, -0.15) is 4.31 Å². The summed E-state index contributed by atoms with van der Waals surface area (Å²) in [4.78, 5) is 17.0. The van der Waals surface area contributed by atoms with Crippen molar-refractivity contribution in [2.45, 2.75) is 24.3 Å². The van der Waals surface area contributed by atoms with E-state index in [-0.39, 0.29) is 16.8 Å². The predicted molar refractivity (Wildman–Crippen MR) is 109 cm³/mol. The summed E-state index contributed by atoms with van der Waals surface area (Å²) in [6, 6.07) is 12.5. The number of carbonyl (C=O) groups excluding carboxylic acids is 1. The first-order valence-electron chi connectivity index (χ1n) is 9.77. The second-order valence-electron chi connectivity index (χ2n) is 7.44. The Hall–Kier alpha value is -2.29. The summed E-state index contributed by atoms with van der Waals surface area (Å²) in [5.74, 6) is -0.422. The molecule has 2 aromatic rings. The zero-order valence-electron chi connectivity index (χ0n) is 16.3. The molecule has 2 heterocycles. The predicted octanol–water partition coefficient (Wildman–Crippen LogP) is 2.11. The maximum atomic E-state index is 13.1. The number of sulfonamides is 1. The third-order valence-corrected chi connectivity index (χ3v) is 7.70. The maximum Gasteiger partial charge on any atom is 0.244 e. The molecule has 8 heteroatoms. The number of rotatable bonds is 4. The third kappa shape index (κ3) is 3.80. The summed E-state index contributed by atoms with van der Waals surface area (Å²) < 4.78 is 40.0. The highest BCUT2D eigenvalue weighted by Gasteiger charge is 2.35. The summed E-state index contributed by atoms with van der Waals surface area (Å²) in [7, 11) is -3.66. The quantitative estimate of drug-likeness (QED) is 0.765. The first-order valence-corrected chi connectivity index (χ1v) is 11.2. The second kappa shape index (κ2) is 7.85. The number of hydrogen-bond donors (Lipinski definition) is 0. The molecule has 1 amide bonds. The van der Waals surface area contributed by atoms with Crippen LogP contribution in [0, 0.1) is 5.82 Å². The molecule has 1 saturated heterocycles. The number of amides is 1. The van der Waals surface area contributed by atoms with Crippen LogP contribution in [0.1, 0.15) is 12.5 Å². The Morgan fingerprint density at radius 2 is 1.62 bits per heavy atom. The lowest BCUT2D eigenvalue weighted by Crippen LogP contribution is -2.55. The summed E-state index contributed by atoms with van der Waals surface area (Å²) in [6.07, 6.45) is 0.859. The number of para-hydroxylation sites is 1. The van der Waals surface area contributed by atoms with Crippen molar-refractivity contribution < 1.29 is 17.6 Å². The standard InChI is InChI=1S/C21H24FN3O3S/c1-16(21(26)25-11-10-17-4-2-3-5-20(17)25)23-12-14-24(15-13-23)29(27,28)19-8-6-18(22)7-9-19/h2-9,16H,10-15H2,1H3. The Labute approximate surface area is 170 Å². The van der Waals surface area contributed by atoms with Crippen LogP contribution in [0.4, 0.5) is 10.1 Å². The van der Waals surface area contributed by atoms with Gasteiger partial charge in [0.05, 0.1) is 10.9 Å². The van der Waals surface area contributed by atoms with Crippen molar-refractivity contribution in [3.05, 3.63) is 59.9 Å². The molecule has 1 atom stereocenters. The normalized spacial score (nSPS) is 19.2. The minimum atomic E-state index is -3.66. The van der Waals surface area contributed by atoms with Gasteiger partial charge in [0.2, 0.25) is 15.9 Å². The average Bonchev–Trinajstić information content (AvgIpc) is 3.17. The lowest BCUT2D eigenvalue weighted by molar-refractivity contribution is -0.123. The van der Waals surface area contributed by atoms with E-state index in [4.69, 9.17) is 0 Å². The smallest absolute Gasteiger partial charge is 0.244 e. The highest BCUT2D eigenvalue weighted by atomic mass is 32.2. The molecule has 1 fully saturated rings. The molecule has 0 aliphatic carbocycles. The number of hydrogen-bond acceptors (Lipinski definition) is 4. The second-order valence-corrected chi connectivity index (χ2v) is 9.38. The minimum Gasteiger partial charge on any atom is -0.310 e. The van der Waals surface area contributed by atoms with Crippen LogP contribution in [-0.4, -0.2) is 62.3 Å². The van der Waals surface area contributed by atoms with Crippen LogP contribution in [0.2, 0.25) is 0 Å². The third-order valence-electron chi connectivity index (χ3n) is 5.78. The van der Waals surface area contributed by atoms with Crippen LogP contribution in [0.25, 0.3) is 0 Å². The number of halogens is 1. The van der Waals surface area contributed by atoms with Gasteiger partial charge in [-0.1, -0.05) is 18.2 Å². The van der Waals surface area contributed by atoms with Gasteiger partial charge in [0.1, 0.15) is 5.82 Å². The van der Waals surface area contributed by atoms with Crippen molar-refractivity contribution in [2.24, 2.45) is 0 Å². The Kier molecular flexibility index (Phi) is 5.42. The lowest BCUT2D eigenvalue weighted by Gasteiger charge is -2.38. The molecule has 0 saturated carbocycles. The van der Waals surface area contributed by atoms with E-state index in [1.54, 1.807) is 0 Å². The Morgan fingerprint density at radius 3 is 2.31 bits per heavy atom. The van der Waals surface area contributed by atoms with Gasteiger partial charge in [0, 0.05) is 38.4 Å². The van der Waals surface area contributed by atoms with Gasteiger partial charge in [-0.3, -0.25) is 9.69 Å². The summed E-state index contributed by atoms with van der Waals surface area (Å²) >= 11 is 0. The lowest BCUT2D eigenvalue weighted by atomic mass is 10.1. The van der Waals surface area contributed by atoms with Crippen molar-refractivity contribution in [1.29, 1.82) is 0 Å². The van der Waals surface area contributed by atoms with Crippen molar-refractivity contribution in [3.8, 4) is 0 Å². The molecule has 154 valence electrons. The van der Waals surface area contributed by atoms with Crippen molar-refractivity contribution in [3.63, 3.8) is 0 Å². The number of carbonyl (C=O) groups is 1. The highest BCUT2D eigenvalue weighted by Crippen LogP contribution is 2.29. The van der Waals surface area contributed by atoms with Crippen molar-refractivity contribution in [1.82, 2.24) is 9.21 Å². The number of benzene rings is 2. The molecule has 4 rings (SSSR count). The van der Waals surface area contributed by atoms with Gasteiger partial charge in [-0.15, -0.1) is 0 Å². The van der Waals surface area contributed by atoms with E-state index in [0.717, 1.165) is 24.2 Å². The van der Waals surface area contributed by atoms with Crippen LogP contribution >= 0.6 is 0 Å². The largest absolute Gasteiger partial charge is 0.310 e. The zero-order chi connectivity index (χ0) is 20.6. The number of piperazine rings is 1. The van der Waals surface area contributed by atoms with E-state index in [9.17, 15) is 17.6 Å². The molecule has 1 unspecified atom stereocenters. The number of anilines is 1. The van der Waals surface area contributed by atoms with E-state index in [2.05, 4.69) is 0 Å². The molecular weight excluding hydrogens is 393 g/mol. The van der Waals surface area contributed by atoms with Crippen molar-refractivity contribution in [2.75, 3.05) is 37.6 Å². The summed E-state index contributed by atoms with van der Waals surface area (Å²) in [5, 5.41) is 0. The molecule has 2 aliphatic rings. The molecule has 29 heavy (non-hydrogen) atoms. The monoisotopic (exact) mass is 417 g/mol. The fourth-order valence-electron chi connectivity index (χ4n) is 4.04. The van der Waals surface area contributed by atoms with Crippen LogP contribution < -0.4 is 4.90 Å². The van der Waals surface area contributed by atoms with E-state index < -0.39 is 15.8 Å². The van der Waals surface area contributed by atoms with Crippen LogP contribution in [0.5, 0.6) is 0 Å². The van der Waals surface area contributed by atoms with E-state index in [0.29, 0.717) is 32.7 Å². The Bertz CT molecular complexity index is 1000. The van der Waals surface area contributed by atoms with Crippen molar-refractivity contribution >= 4 is 21.6 Å². The fraction of sp³-hybridized carbons (Fsp3) is 0.381. The van der Waals surface area contributed by atoms with Gasteiger partial charge >= 0.3 is 0 Å². The molecule has 6 nitrogen and oxygen atoms in total. The molecule has 0 spiro atoms. The van der Waals surface area contributed by atoms with Gasteiger partial charge in [0.25, 0.3) is 0 Å². The van der Waals surface area contributed by atoms with Gasteiger partial charge in [0.15, 0.2) is 0 Å². The van der Waals surface area contributed by atoms with Gasteiger partial charge in [-0.05, 0) is 49.2 Å². The van der Waals surface area contributed by atoms with Crippen LogP contribution in [0.15, 0.2) is 53.4 Å². The fourth-order valence-corrected chi connectivity index (χ4v) is 5.46. The molecule has 0 radical (unpaired) electrons. The summed E-state index contributed by atoms with van der Waals surface area (Å²) in [5.41, 5.74) is 2.16. The van der Waals surface area contributed by atoms with E-state index >= 15 is 0 Å². The van der Waals surface area contributed by atoms with Crippen LogP contribution in [0.3, 0.4) is 0 Å². The first kappa shape index (κ1) is 20.0. The minimum absolute atomic E-state index is 0.0461. The average molecular weight is 418 g/mol. The topological polar surface area (TPSA) is 60.9 Å². The van der Waals surface area contributed by atoms with Gasteiger partial charge in [-0.25, -0.2) is 12.8 Å². The van der Waals surface area contributed by atoms with E-state index in [1.165, 1.54) is 22.0 Å². The number of fused-ring (bicyclic) bond motifs is 1. The molecule has 0 N–H and O–H groups in total. The van der Waals surface area contributed by atoms with Gasteiger partial charge < -0.3 is 4.90 Å². The van der Waals surface area contributed by atoms with Crippen LogP contribution in [-0.2, 0) is 21.2 Å². The number of nitrogens with zero attached hydrogens (tertiary/aromatic N) is 3. The Morgan fingerprint density at radius 1 is 0.966 bits per heavy atom. The highest BCUT2D eigenvalue weighted by molar-refractivity contribution is 7.89.